The molecule has 2 N–H and O–H groups in total. The maximum atomic E-state index is 12.5. The molecule has 0 aliphatic carbocycles. The number of rotatable bonds is 5. The Morgan fingerprint density at radius 2 is 1.08 bits per heavy atom. The maximum absolute atomic E-state index is 12.5. The first-order chi connectivity index (χ1) is 17.6. The van der Waals surface area contributed by atoms with Gasteiger partial charge in [-0.1, -0.05) is 42.0 Å². The zero-order valence-electron chi connectivity index (χ0n) is 20.9. The van der Waals surface area contributed by atoms with E-state index in [-0.39, 0.29) is 42.9 Å². The summed E-state index contributed by atoms with van der Waals surface area (Å²) < 4.78 is 49.1. The van der Waals surface area contributed by atoms with Crippen molar-refractivity contribution >= 4 is 11.9 Å². The van der Waals surface area contributed by atoms with Crippen LogP contribution in [0.15, 0.2) is 72.8 Å². The molecule has 0 bridgehead atoms. The topological polar surface area (TPSA) is 104 Å². The molecule has 200 valence electrons. The van der Waals surface area contributed by atoms with Crippen LogP contribution in [-0.2, 0) is 31.8 Å². The van der Waals surface area contributed by atoms with E-state index in [1.807, 2.05) is 6.92 Å². The van der Waals surface area contributed by atoms with Crippen molar-refractivity contribution in [1.82, 2.24) is 0 Å². The Hall–Kier alpha value is -3.91. The Balaban J connectivity index is 0. The molecule has 0 spiro atoms. The van der Waals surface area contributed by atoms with Crippen LogP contribution in [0.1, 0.15) is 30.5 Å². The SMILES string of the molecule is CCO.CCOC(=O)Cc1ccc(F)cc1.Cc1ccc(F)cc1.O=C(O)Cc1ccc(F)cc1.[C-]#[O+]. The van der Waals surface area contributed by atoms with Crippen molar-refractivity contribution in [2.45, 2.75) is 33.6 Å². The van der Waals surface area contributed by atoms with Gasteiger partial charge in [0.15, 0.2) is 0 Å². The third-order valence-corrected chi connectivity index (χ3v) is 3.85. The summed E-state index contributed by atoms with van der Waals surface area (Å²) in [5, 5.41) is 15.9. The van der Waals surface area contributed by atoms with Crippen molar-refractivity contribution < 1.29 is 42.4 Å². The molecule has 3 aromatic carbocycles. The van der Waals surface area contributed by atoms with E-state index in [1.54, 1.807) is 38.1 Å². The van der Waals surface area contributed by atoms with Gasteiger partial charge >= 0.3 is 23.2 Å². The van der Waals surface area contributed by atoms with Crippen molar-refractivity contribution in [3.05, 3.63) is 114 Å². The van der Waals surface area contributed by atoms with E-state index in [2.05, 4.69) is 6.65 Å². The summed E-state index contributed by atoms with van der Waals surface area (Å²) in [4.78, 5) is 21.1. The molecule has 0 amide bonds. The summed E-state index contributed by atoms with van der Waals surface area (Å²) in [6, 6.07) is 17.6. The number of carboxylic acid groups (broad SMARTS) is 1. The van der Waals surface area contributed by atoms with Crippen LogP contribution < -0.4 is 0 Å². The molecule has 0 heterocycles. The average molecular weight is 521 g/mol. The molecule has 0 aliphatic rings. The van der Waals surface area contributed by atoms with E-state index >= 15 is 0 Å². The summed E-state index contributed by atoms with van der Waals surface area (Å²) in [5.74, 6) is -2.01. The molecular weight excluding hydrogens is 489 g/mol. The van der Waals surface area contributed by atoms with Crippen LogP contribution in [0.5, 0.6) is 0 Å². The minimum absolute atomic E-state index is 0.0553. The summed E-state index contributed by atoms with van der Waals surface area (Å²) in [5.41, 5.74) is 2.46. The molecule has 3 aromatic rings. The third kappa shape index (κ3) is 21.1. The number of carbonyl (C=O) groups excluding carboxylic acids is 1. The number of carboxylic acids is 1. The number of aryl methyl sites for hydroxylation is 1. The van der Waals surface area contributed by atoms with E-state index in [1.165, 1.54) is 48.5 Å². The molecule has 0 saturated heterocycles. The molecule has 0 unspecified atom stereocenters. The Morgan fingerprint density at radius 3 is 1.38 bits per heavy atom. The van der Waals surface area contributed by atoms with Gasteiger partial charge in [-0.15, -0.1) is 0 Å². The van der Waals surface area contributed by atoms with E-state index in [4.69, 9.17) is 19.6 Å². The van der Waals surface area contributed by atoms with E-state index in [0.717, 1.165) is 11.1 Å². The molecule has 0 aliphatic heterocycles. The van der Waals surface area contributed by atoms with Crippen molar-refractivity contribution in [2.24, 2.45) is 0 Å². The van der Waals surface area contributed by atoms with Gasteiger partial charge in [0.25, 0.3) is 0 Å². The second-order valence-electron chi connectivity index (χ2n) is 6.92. The van der Waals surface area contributed by atoms with Gasteiger partial charge < -0.3 is 14.9 Å². The van der Waals surface area contributed by atoms with E-state index < -0.39 is 5.97 Å². The fourth-order valence-corrected chi connectivity index (χ4v) is 2.29. The zero-order chi connectivity index (χ0) is 28.6. The van der Waals surface area contributed by atoms with E-state index in [9.17, 15) is 22.8 Å². The third-order valence-electron chi connectivity index (χ3n) is 3.85. The molecule has 9 heteroatoms. The molecule has 37 heavy (non-hydrogen) atoms. The second kappa shape index (κ2) is 22.5. The number of aliphatic carboxylic acids is 1. The number of esters is 1. The summed E-state index contributed by atoms with van der Waals surface area (Å²) in [6.07, 6.45) is 0.147. The number of hydrogen-bond donors (Lipinski definition) is 2. The van der Waals surface area contributed by atoms with Gasteiger partial charge in [-0.25, -0.2) is 13.2 Å². The quantitative estimate of drug-likeness (QED) is 0.263. The van der Waals surface area contributed by atoms with Crippen molar-refractivity contribution in [1.29, 1.82) is 0 Å². The molecule has 6 nitrogen and oxygen atoms in total. The number of hydrogen-bond acceptors (Lipinski definition) is 4. The number of aliphatic hydroxyl groups excluding tert-OH is 1. The predicted molar refractivity (Wildman–Crippen MR) is 132 cm³/mol. The van der Waals surface area contributed by atoms with Crippen LogP contribution in [0.4, 0.5) is 13.2 Å². The molecule has 0 atom stereocenters. The fourth-order valence-electron chi connectivity index (χ4n) is 2.29. The number of benzene rings is 3. The van der Waals surface area contributed by atoms with Crippen LogP contribution >= 0.6 is 0 Å². The van der Waals surface area contributed by atoms with Gasteiger partial charge in [-0.05, 0) is 68.3 Å². The molecule has 3 rings (SSSR count). The summed E-state index contributed by atoms with van der Waals surface area (Å²) >= 11 is 0. The normalized spacial score (nSPS) is 8.78. The van der Waals surface area contributed by atoms with Gasteiger partial charge in [0, 0.05) is 6.61 Å². The first-order valence-electron chi connectivity index (χ1n) is 11.0. The Labute approximate surface area is 215 Å². The van der Waals surface area contributed by atoms with Crippen molar-refractivity contribution in [3.63, 3.8) is 0 Å². The summed E-state index contributed by atoms with van der Waals surface area (Å²) in [7, 11) is 0. The molecule has 0 saturated carbocycles. The average Bonchev–Trinajstić information content (AvgIpc) is 2.86. The minimum atomic E-state index is -0.906. The Bertz CT molecular complexity index is 998. The van der Waals surface area contributed by atoms with Gasteiger partial charge in [0.05, 0.1) is 19.4 Å². The van der Waals surface area contributed by atoms with Crippen LogP contribution in [0.3, 0.4) is 0 Å². The van der Waals surface area contributed by atoms with Gasteiger partial charge in [-0.3, -0.25) is 9.59 Å². The number of ether oxygens (including phenoxy) is 1. The van der Waals surface area contributed by atoms with E-state index in [0.29, 0.717) is 12.2 Å². The van der Waals surface area contributed by atoms with Crippen LogP contribution in [-0.4, -0.2) is 35.4 Å². The van der Waals surface area contributed by atoms with Crippen LogP contribution in [0.25, 0.3) is 0 Å². The van der Waals surface area contributed by atoms with Crippen molar-refractivity contribution in [3.8, 4) is 0 Å². The van der Waals surface area contributed by atoms with Crippen LogP contribution in [0, 0.1) is 31.0 Å². The van der Waals surface area contributed by atoms with Gasteiger partial charge in [0.1, 0.15) is 17.5 Å². The predicted octanol–water partition coefficient (Wildman–Crippen LogP) is 5.48. The molecular formula is C28H31F3O6. The van der Waals surface area contributed by atoms with Gasteiger partial charge in [-0.2, -0.15) is 0 Å². The molecule has 0 radical (unpaired) electrons. The molecule has 0 aromatic heterocycles. The zero-order valence-corrected chi connectivity index (χ0v) is 20.9. The fraction of sp³-hybridized carbons (Fsp3) is 0.250. The number of carbonyl (C=O) groups is 2. The van der Waals surface area contributed by atoms with Crippen molar-refractivity contribution in [2.75, 3.05) is 13.2 Å². The van der Waals surface area contributed by atoms with Gasteiger partial charge in [0.2, 0.25) is 0 Å². The monoisotopic (exact) mass is 520 g/mol. The Morgan fingerprint density at radius 1 is 0.757 bits per heavy atom. The first-order valence-corrected chi connectivity index (χ1v) is 11.0. The second-order valence-corrected chi connectivity index (χ2v) is 6.92. The molecule has 0 fully saturated rings. The number of halogens is 3. The first kappa shape index (κ1) is 35.3. The van der Waals surface area contributed by atoms with Crippen LogP contribution in [0.2, 0.25) is 0 Å². The standard InChI is InChI=1S/C10H11FO2.C8H7FO2.C7H7F.C2H6O.CO/c1-2-13-10(12)7-8-3-5-9(11)6-4-8;9-7-3-1-6(2-4-7)5-8(10)11;1-6-2-4-7(8)5-3-6;1-2-3;1-2/h3-6H,2,7H2,1H3;1-4H,5H2,(H,10,11);2-5H,1H3;3H,2H2,1H3;. The number of aliphatic hydroxyl groups is 1. The summed E-state index contributed by atoms with van der Waals surface area (Å²) in [6.45, 7) is 10.5. The Kier molecular flexibility index (Phi) is 21.5.